The van der Waals surface area contributed by atoms with Gasteiger partial charge in [-0.25, -0.2) is 4.98 Å². The Morgan fingerprint density at radius 1 is 1.35 bits per heavy atom. The van der Waals surface area contributed by atoms with Crippen molar-refractivity contribution < 1.29 is 4.79 Å². The van der Waals surface area contributed by atoms with Crippen LogP contribution < -0.4 is 11.1 Å². The van der Waals surface area contributed by atoms with Crippen LogP contribution in [0.25, 0.3) is 0 Å². The Bertz CT molecular complexity index is 669. The van der Waals surface area contributed by atoms with Gasteiger partial charge in [-0.15, -0.1) is 0 Å². The molecule has 2 heterocycles. The number of halogens is 3. The van der Waals surface area contributed by atoms with Crippen molar-refractivity contribution in [2.75, 3.05) is 5.32 Å². The zero-order valence-corrected chi connectivity index (χ0v) is 12.7. The molecule has 0 saturated heterocycles. The highest BCUT2D eigenvalue weighted by molar-refractivity contribution is 6.41. The molecule has 2 aromatic rings. The maximum Gasteiger partial charge on any atom is 0.250 e. The Morgan fingerprint density at radius 2 is 2.05 bits per heavy atom. The van der Waals surface area contributed by atoms with Gasteiger partial charge >= 0.3 is 0 Å². The Labute approximate surface area is 130 Å². The van der Waals surface area contributed by atoms with Crippen LogP contribution >= 0.6 is 34.8 Å². The van der Waals surface area contributed by atoms with Gasteiger partial charge in [0.1, 0.15) is 11.0 Å². The van der Waals surface area contributed by atoms with E-state index < -0.39 is 5.91 Å². The number of rotatable bonds is 4. The van der Waals surface area contributed by atoms with Crippen molar-refractivity contribution >= 4 is 46.5 Å². The van der Waals surface area contributed by atoms with E-state index in [0.29, 0.717) is 27.6 Å². The maximum absolute atomic E-state index is 11.0. The molecule has 1 amide bonds. The number of hydrogen-bond donors (Lipinski definition) is 2. The molecule has 0 aliphatic carbocycles. The highest BCUT2D eigenvalue weighted by atomic mass is 35.5. The highest BCUT2D eigenvalue weighted by Gasteiger charge is 2.11. The summed E-state index contributed by atoms with van der Waals surface area (Å²) < 4.78 is 1.75. The molecule has 106 valence electrons. The molecule has 0 radical (unpaired) electrons. The third kappa shape index (κ3) is 3.00. The molecule has 0 spiro atoms. The monoisotopic (exact) mass is 332 g/mol. The van der Waals surface area contributed by atoms with Gasteiger partial charge in [0.25, 0.3) is 0 Å². The van der Waals surface area contributed by atoms with Gasteiger partial charge in [0, 0.05) is 18.9 Å². The first-order chi connectivity index (χ1) is 9.40. The van der Waals surface area contributed by atoms with Crippen molar-refractivity contribution in [2.45, 2.75) is 6.54 Å². The van der Waals surface area contributed by atoms with E-state index in [1.165, 1.54) is 12.3 Å². The fourth-order valence-electron chi connectivity index (χ4n) is 1.64. The van der Waals surface area contributed by atoms with Crippen LogP contribution in [0.1, 0.15) is 16.1 Å². The summed E-state index contributed by atoms with van der Waals surface area (Å²) in [7, 11) is 1.80. The van der Waals surface area contributed by atoms with Crippen LogP contribution in [-0.4, -0.2) is 15.5 Å². The van der Waals surface area contributed by atoms with Crippen molar-refractivity contribution in [1.82, 2.24) is 9.55 Å². The number of nitrogens with two attached hydrogens (primary N) is 1. The fraction of sp³-hybridized carbons (Fsp3) is 0.167. The van der Waals surface area contributed by atoms with Crippen LogP contribution in [0.3, 0.4) is 0 Å². The number of aromatic nitrogens is 2. The normalized spacial score (nSPS) is 10.6. The first-order valence-electron chi connectivity index (χ1n) is 5.59. The second-order valence-electron chi connectivity index (χ2n) is 4.11. The zero-order valence-electron chi connectivity index (χ0n) is 10.5. The molecular formula is C12H11Cl3N4O. The minimum Gasteiger partial charge on any atom is -0.366 e. The Balaban J connectivity index is 2.15. The SMILES string of the molecule is Cn1c(CNc2ncc(C(N)=O)cc2Cl)cc(Cl)c1Cl. The highest BCUT2D eigenvalue weighted by Crippen LogP contribution is 2.26. The molecule has 0 atom stereocenters. The quantitative estimate of drug-likeness (QED) is 0.903. The number of carbonyl (C=O) groups is 1. The Morgan fingerprint density at radius 3 is 2.55 bits per heavy atom. The molecule has 2 rings (SSSR count). The number of nitrogens with zero attached hydrogens (tertiary/aromatic N) is 2. The Kier molecular flexibility index (Phi) is 4.42. The van der Waals surface area contributed by atoms with E-state index in [-0.39, 0.29) is 5.56 Å². The van der Waals surface area contributed by atoms with Crippen LogP contribution in [-0.2, 0) is 13.6 Å². The lowest BCUT2D eigenvalue weighted by Crippen LogP contribution is -2.12. The van der Waals surface area contributed by atoms with Crippen LogP contribution in [0.4, 0.5) is 5.82 Å². The van der Waals surface area contributed by atoms with Gasteiger partial charge in [-0.3, -0.25) is 4.79 Å². The molecule has 20 heavy (non-hydrogen) atoms. The van der Waals surface area contributed by atoms with E-state index in [9.17, 15) is 4.79 Å². The number of nitrogens with one attached hydrogen (secondary N) is 1. The van der Waals surface area contributed by atoms with E-state index in [2.05, 4.69) is 10.3 Å². The van der Waals surface area contributed by atoms with Gasteiger partial charge < -0.3 is 15.6 Å². The lowest BCUT2D eigenvalue weighted by molar-refractivity contribution is 0.1000. The van der Waals surface area contributed by atoms with Crippen LogP contribution in [0.5, 0.6) is 0 Å². The average Bonchev–Trinajstić information content (AvgIpc) is 2.64. The van der Waals surface area contributed by atoms with Crippen molar-refractivity contribution in [3.05, 3.63) is 44.8 Å². The van der Waals surface area contributed by atoms with Crippen molar-refractivity contribution in [3.8, 4) is 0 Å². The summed E-state index contributed by atoms with van der Waals surface area (Å²) in [6.45, 7) is 0.436. The molecule has 0 aromatic carbocycles. The van der Waals surface area contributed by atoms with Gasteiger partial charge in [-0.2, -0.15) is 0 Å². The van der Waals surface area contributed by atoms with E-state index in [1.54, 1.807) is 17.7 Å². The second kappa shape index (κ2) is 5.91. The molecule has 0 aliphatic rings. The van der Waals surface area contributed by atoms with E-state index >= 15 is 0 Å². The van der Waals surface area contributed by atoms with Crippen molar-refractivity contribution in [2.24, 2.45) is 12.8 Å². The van der Waals surface area contributed by atoms with Crippen LogP contribution in [0, 0.1) is 0 Å². The molecule has 0 fully saturated rings. The predicted molar refractivity (Wildman–Crippen MR) is 80.5 cm³/mol. The largest absolute Gasteiger partial charge is 0.366 e. The third-order valence-corrected chi connectivity index (χ3v) is 3.91. The minimum atomic E-state index is -0.577. The average molecular weight is 334 g/mol. The van der Waals surface area contributed by atoms with Crippen molar-refractivity contribution in [3.63, 3.8) is 0 Å². The molecule has 0 saturated carbocycles. The fourth-order valence-corrected chi connectivity index (χ4v) is 2.28. The number of primary amides is 1. The van der Waals surface area contributed by atoms with Gasteiger partial charge in [0.2, 0.25) is 5.91 Å². The molecular weight excluding hydrogens is 323 g/mol. The number of carbonyl (C=O) groups excluding carboxylic acids is 1. The van der Waals surface area contributed by atoms with E-state index in [0.717, 1.165) is 5.69 Å². The minimum absolute atomic E-state index is 0.255. The molecule has 2 aromatic heterocycles. The molecule has 5 nitrogen and oxygen atoms in total. The van der Waals surface area contributed by atoms with Gasteiger partial charge in [0.05, 0.1) is 22.2 Å². The predicted octanol–water partition coefficient (Wildman–Crippen LogP) is 3.09. The second-order valence-corrected chi connectivity index (χ2v) is 5.28. The summed E-state index contributed by atoms with van der Waals surface area (Å²) in [5.74, 6) is -0.128. The summed E-state index contributed by atoms with van der Waals surface area (Å²) in [6.07, 6.45) is 1.36. The molecule has 8 heteroatoms. The summed E-state index contributed by atoms with van der Waals surface area (Å²) in [5.41, 5.74) is 6.27. The Hall–Kier alpha value is -1.43. The van der Waals surface area contributed by atoms with E-state index in [1.807, 2.05) is 0 Å². The lowest BCUT2D eigenvalue weighted by atomic mass is 10.2. The smallest absolute Gasteiger partial charge is 0.250 e. The van der Waals surface area contributed by atoms with Crippen LogP contribution in [0.2, 0.25) is 15.2 Å². The topological polar surface area (TPSA) is 72.9 Å². The molecule has 0 unspecified atom stereocenters. The van der Waals surface area contributed by atoms with Gasteiger partial charge in [-0.05, 0) is 12.1 Å². The van der Waals surface area contributed by atoms with E-state index in [4.69, 9.17) is 40.5 Å². The summed E-state index contributed by atoms with van der Waals surface area (Å²) in [4.78, 5) is 15.1. The number of pyridine rings is 1. The number of hydrogen-bond acceptors (Lipinski definition) is 3. The third-order valence-electron chi connectivity index (χ3n) is 2.78. The first-order valence-corrected chi connectivity index (χ1v) is 6.72. The van der Waals surface area contributed by atoms with Gasteiger partial charge in [0.15, 0.2) is 0 Å². The van der Waals surface area contributed by atoms with Crippen LogP contribution in [0.15, 0.2) is 18.3 Å². The molecule has 0 aliphatic heterocycles. The number of amides is 1. The molecule has 3 N–H and O–H groups in total. The standard InChI is InChI=1S/C12H11Cl3N4O/c1-19-7(3-8(13)10(19)15)5-18-12-9(14)2-6(4-17-12)11(16)20/h2-4H,5H2,1H3,(H2,16,20)(H,17,18). The number of anilines is 1. The van der Waals surface area contributed by atoms with Crippen molar-refractivity contribution in [1.29, 1.82) is 0 Å². The summed E-state index contributed by atoms with van der Waals surface area (Å²) >= 11 is 17.9. The molecule has 0 bridgehead atoms. The van der Waals surface area contributed by atoms with Gasteiger partial charge in [-0.1, -0.05) is 34.8 Å². The summed E-state index contributed by atoms with van der Waals surface area (Å²) in [6, 6.07) is 3.22. The summed E-state index contributed by atoms with van der Waals surface area (Å²) in [5, 5.41) is 4.30. The maximum atomic E-state index is 11.0. The first kappa shape index (κ1) is 15.0. The lowest BCUT2D eigenvalue weighted by Gasteiger charge is -2.09. The zero-order chi connectivity index (χ0) is 14.9.